The van der Waals surface area contributed by atoms with Gasteiger partial charge in [-0.3, -0.25) is 0 Å². The molecule has 0 unspecified atom stereocenters. The van der Waals surface area contributed by atoms with Crippen LogP contribution < -0.4 is 0 Å². The molecule has 1 aromatic heterocycles. The minimum absolute atomic E-state index is 0.577. The summed E-state index contributed by atoms with van der Waals surface area (Å²) in [5.74, 6) is 11.5. The fourth-order valence-corrected chi connectivity index (χ4v) is 1.44. The zero-order chi connectivity index (χ0) is 14.0. The second kappa shape index (κ2) is 7.22. The number of nitrogens with zero attached hydrogens (tertiary/aromatic N) is 2. The van der Waals surface area contributed by atoms with Crippen molar-refractivity contribution in [3.05, 3.63) is 77.6 Å². The maximum Gasteiger partial charge on any atom is 0.113 e. The molecule has 2 heteroatoms. The summed E-state index contributed by atoms with van der Waals surface area (Å²) in [6.07, 6.45) is 5.02. The zero-order valence-electron chi connectivity index (χ0n) is 10.7. The maximum absolute atomic E-state index is 8.92. The molecule has 2 aromatic rings. The molecule has 2 rings (SSSR count). The molecule has 0 atom stereocenters. The van der Waals surface area contributed by atoms with Crippen LogP contribution in [0.15, 0.2) is 60.8 Å². The summed E-state index contributed by atoms with van der Waals surface area (Å²) in [4.78, 5) is 4.09. The van der Waals surface area contributed by atoms with Crippen molar-refractivity contribution in [1.29, 1.82) is 5.26 Å². The number of pyridine rings is 1. The predicted octanol–water partition coefficient (Wildman–Crippen LogP) is 2.91. The summed E-state index contributed by atoms with van der Waals surface area (Å²) >= 11 is 0. The second-order valence-corrected chi connectivity index (χ2v) is 3.74. The number of aromatic nitrogens is 1. The van der Waals surface area contributed by atoms with Gasteiger partial charge in [-0.05, 0) is 42.3 Å². The average molecular weight is 254 g/mol. The Morgan fingerprint density at radius 1 is 0.850 bits per heavy atom. The molecule has 0 amide bonds. The Labute approximate surface area is 118 Å². The van der Waals surface area contributed by atoms with E-state index in [9.17, 15) is 0 Å². The van der Waals surface area contributed by atoms with E-state index in [1.807, 2.05) is 36.4 Å². The third-order valence-electron chi connectivity index (χ3n) is 2.37. The van der Waals surface area contributed by atoms with Gasteiger partial charge in [0.2, 0.25) is 0 Å². The van der Waals surface area contributed by atoms with Crippen molar-refractivity contribution < 1.29 is 0 Å². The molecular weight excluding hydrogens is 244 g/mol. The molecule has 0 spiro atoms. The van der Waals surface area contributed by atoms with E-state index in [0.29, 0.717) is 5.56 Å². The highest BCUT2D eigenvalue weighted by Crippen LogP contribution is 2.04. The van der Waals surface area contributed by atoms with Crippen LogP contribution in [0.4, 0.5) is 0 Å². The maximum atomic E-state index is 8.92. The molecule has 0 bridgehead atoms. The van der Waals surface area contributed by atoms with Crippen molar-refractivity contribution in [2.75, 3.05) is 0 Å². The zero-order valence-corrected chi connectivity index (χ0v) is 10.7. The first-order valence-electron chi connectivity index (χ1n) is 5.98. The predicted molar refractivity (Wildman–Crippen MR) is 78.3 cm³/mol. The molecule has 0 saturated heterocycles. The molecule has 0 radical (unpaired) electrons. The first kappa shape index (κ1) is 13.2. The van der Waals surface area contributed by atoms with E-state index >= 15 is 0 Å². The van der Waals surface area contributed by atoms with Crippen molar-refractivity contribution in [1.82, 2.24) is 4.98 Å². The molecule has 2 nitrogen and oxygen atoms in total. The lowest BCUT2D eigenvalue weighted by atomic mass is 10.1. The largest absolute Gasteiger partial charge is 0.248 e. The molecule has 0 aliphatic heterocycles. The number of benzene rings is 1. The Morgan fingerprint density at radius 3 is 2.25 bits per heavy atom. The average Bonchev–Trinajstić information content (AvgIpc) is 2.52. The summed E-state index contributed by atoms with van der Waals surface area (Å²) in [5, 5.41) is 8.92. The molecule has 92 valence electrons. The van der Waals surface area contributed by atoms with Crippen molar-refractivity contribution >= 4 is 0 Å². The van der Waals surface area contributed by atoms with Crippen LogP contribution in [0.5, 0.6) is 0 Å². The molecule has 0 N–H and O–H groups in total. The third kappa shape index (κ3) is 3.88. The summed E-state index contributed by atoms with van der Waals surface area (Å²) in [7, 11) is 0. The van der Waals surface area contributed by atoms with Gasteiger partial charge in [0, 0.05) is 11.8 Å². The highest BCUT2D eigenvalue weighted by atomic mass is 14.6. The molecule has 0 aliphatic carbocycles. The van der Waals surface area contributed by atoms with Crippen LogP contribution in [0.25, 0.3) is 0 Å². The molecule has 1 heterocycles. The van der Waals surface area contributed by atoms with Crippen LogP contribution in [0, 0.1) is 35.0 Å². The fraction of sp³-hybridized carbons (Fsp3) is 0. The van der Waals surface area contributed by atoms with E-state index in [4.69, 9.17) is 5.26 Å². The third-order valence-corrected chi connectivity index (χ3v) is 2.37. The number of nitriles is 1. The van der Waals surface area contributed by atoms with E-state index < -0.39 is 0 Å². The monoisotopic (exact) mass is 254 g/mol. The molecule has 0 fully saturated rings. The molecule has 0 saturated carbocycles. The Kier molecular flexibility index (Phi) is 4.75. The van der Waals surface area contributed by atoms with Crippen LogP contribution in [0.2, 0.25) is 0 Å². The number of rotatable bonds is 0. The molecule has 1 aromatic carbocycles. The van der Waals surface area contributed by atoms with Crippen molar-refractivity contribution in [2.24, 2.45) is 0 Å². The van der Waals surface area contributed by atoms with Crippen molar-refractivity contribution in [2.45, 2.75) is 0 Å². The lowest BCUT2D eigenvalue weighted by Crippen LogP contribution is -1.80. The molecule has 20 heavy (non-hydrogen) atoms. The van der Waals surface area contributed by atoms with Crippen molar-refractivity contribution in [3.63, 3.8) is 0 Å². The molecular formula is C18H10N2. The van der Waals surface area contributed by atoms with E-state index in [2.05, 4.69) is 34.7 Å². The summed E-state index contributed by atoms with van der Waals surface area (Å²) in [6, 6.07) is 14.9. The van der Waals surface area contributed by atoms with Gasteiger partial charge in [-0.25, -0.2) is 4.98 Å². The van der Waals surface area contributed by atoms with Crippen LogP contribution >= 0.6 is 0 Å². The van der Waals surface area contributed by atoms with Crippen LogP contribution in [0.1, 0.15) is 16.8 Å². The minimum Gasteiger partial charge on any atom is -0.248 e. The van der Waals surface area contributed by atoms with Gasteiger partial charge in [0.15, 0.2) is 0 Å². The summed E-state index contributed by atoms with van der Waals surface area (Å²) < 4.78 is 0. The first-order chi connectivity index (χ1) is 9.90. The standard InChI is InChI=1S/C18H10N2/c19-15-17-11-6-5-10-16(17)9-3-1-2-4-12-18-13-7-8-14-20-18/h1-2,5-8,10-11,13-14H. The quantitative estimate of drug-likeness (QED) is 0.678. The Balaban J connectivity index is 2.04. The number of hydrogen-bond donors (Lipinski definition) is 0. The van der Waals surface area contributed by atoms with Gasteiger partial charge in [0.05, 0.1) is 5.56 Å². The van der Waals surface area contributed by atoms with E-state index in [-0.39, 0.29) is 0 Å². The number of allylic oxidation sites excluding steroid dienone is 2. The topological polar surface area (TPSA) is 36.7 Å². The lowest BCUT2D eigenvalue weighted by molar-refractivity contribution is 1.29. The highest BCUT2D eigenvalue weighted by Gasteiger charge is 1.94. The second-order valence-electron chi connectivity index (χ2n) is 3.74. The molecule has 0 aliphatic rings. The van der Waals surface area contributed by atoms with Crippen molar-refractivity contribution in [3.8, 4) is 29.8 Å². The van der Waals surface area contributed by atoms with Gasteiger partial charge in [-0.1, -0.05) is 36.0 Å². The van der Waals surface area contributed by atoms with Crippen LogP contribution in [-0.2, 0) is 0 Å². The van der Waals surface area contributed by atoms with Gasteiger partial charge >= 0.3 is 0 Å². The Morgan fingerprint density at radius 2 is 1.55 bits per heavy atom. The van der Waals surface area contributed by atoms with Crippen LogP contribution in [0.3, 0.4) is 0 Å². The van der Waals surface area contributed by atoms with E-state index in [1.165, 1.54) is 0 Å². The van der Waals surface area contributed by atoms with E-state index in [0.717, 1.165) is 11.3 Å². The van der Waals surface area contributed by atoms with Crippen LogP contribution in [-0.4, -0.2) is 4.98 Å². The minimum atomic E-state index is 0.577. The van der Waals surface area contributed by atoms with Gasteiger partial charge in [-0.15, -0.1) is 0 Å². The van der Waals surface area contributed by atoms with Gasteiger partial charge < -0.3 is 0 Å². The van der Waals surface area contributed by atoms with Gasteiger partial charge in [0.1, 0.15) is 11.8 Å². The lowest BCUT2D eigenvalue weighted by Gasteiger charge is -1.91. The summed E-state index contributed by atoms with van der Waals surface area (Å²) in [5.41, 5.74) is 2.02. The fourth-order valence-electron chi connectivity index (χ4n) is 1.44. The number of hydrogen-bond acceptors (Lipinski definition) is 2. The van der Waals surface area contributed by atoms with Gasteiger partial charge in [-0.2, -0.15) is 5.26 Å². The normalized spacial score (nSPS) is 8.95. The highest BCUT2D eigenvalue weighted by molar-refractivity contribution is 5.49. The SMILES string of the molecule is N#Cc1ccccc1C#CC=CC#Cc1ccccn1. The summed E-state index contributed by atoms with van der Waals surface area (Å²) in [6.45, 7) is 0. The Hall–Kier alpha value is -3.28. The first-order valence-corrected chi connectivity index (χ1v) is 5.98. The van der Waals surface area contributed by atoms with Gasteiger partial charge in [0.25, 0.3) is 0 Å². The van der Waals surface area contributed by atoms with E-state index in [1.54, 1.807) is 24.4 Å². The Bertz CT molecular complexity index is 773. The smallest absolute Gasteiger partial charge is 0.113 e.